The molecule has 1 spiro atoms. The Bertz CT molecular complexity index is 3150. The Labute approximate surface area is 429 Å². The number of piperidine rings is 1. The summed E-state index contributed by atoms with van der Waals surface area (Å²) in [7, 11) is -4.78. The number of carbonyl (C=O) groups is 1. The first kappa shape index (κ1) is 47.7. The average molecular weight is 1030 g/mol. The van der Waals surface area contributed by atoms with Gasteiger partial charge >= 0.3 is 0 Å². The number of anilines is 4. The molecule has 3 aromatic carbocycles. The molecule has 5 saturated heterocycles. The van der Waals surface area contributed by atoms with Gasteiger partial charge in [0.15, 0.2) is 11.4 Å². The number of ether oxygens (including phenoxy) is 5. The second-order valence-corrected chi connectivity index (χ2v) is 23.9. The largest absolute Gasteiger partial charge is 0.489 e. The molecule has 13 rings (SSSR count). The number of nitrogens with one attached hydrogen (secondary N) is 2. The molecule has 6 atom stereocenters. The molecule has 2 aromatic heterocycles. The third-order valence-corrected chi connectivity index (χ3v) is 19.2. The number of rotatable bonds is 11. The molecule has 0 unspecified atom stereocenters. The number of nitrogens with two attached hydrogens (primary N) is 1. The van der Waals surface area contributed by atoms with Crippen LogP contribution in [0, 0.1) is 15.5 Å². The van der Waals surface area contributed by atoms with Gasteiger partial charge in [0.05, 0.1) is 77.4 Å². The molecule has 8 aliphatic rings. The highest BCUT2D eigenvalue weighted by Gasteiger charge is 2.51. The van der Waals surface area contributed by atoms with Gasteiger partial charge in [0.2, 0.25) is 15.7 Å². The quantitative estimate of drug-likeness (QED) is 0.0928. The van der Waals surface area contributed by atoms with Crippen LogP contribution in [0.1, 0.15) is 85.8 Å². The molecule has 390 valence electrons. The number of pyridine rings is 1. The van der Waals surface area contributed by atoms with Crippen molar-refractivity contribution in [3.05, 3.63) is 93.7 Å². The first-order chi connectivity index (χ1) is 35.8. The number of morpholine rings is 2. The molecule has 0 radical (unpaired) electrons. The summed E-state index contributed by atoms with van der Waals surface area (Å²) < 4.78 is 63.1. The summed E-state index contributed by atoms with van der Waals surface area (Å²) in [6.07, 6.45) is 6.42. The van der Waals surface area contributed by atoms with Gasteiger partial charge < -0.3 is 49.5 Å². The van der Waals surface area contributed by atoms with Crippen LogP contribution in [-0.2, 0) is 24.0 Å². The summed E-state index contributed by atoms with van der Waals surface area (Å²) in [6.45, 7) is 10.5. The number of nitrogens with zero attached hydrogens (tertiary/aromatic N) is 6. The van der Waals surface area contributed by atoms with Crippen molar-refractivity contribution in [2.24, 2.45) is 11.1 Å². The van der Waals surface area contributed by atoms with E-state index >= 15 is 8.42 Å². The van der Waals surface area contributed by atoms with Crippen molar-refractivity contribution < 1.29 is 41.8 Å². The van der Waals surface area contributed by atoms with E-state index in [-0.39, 0.29) is 81.2 Å². The number of likely N-dealkylation sites (tertiary alicyclic amines) is 1. The van der Waals surface area contributed by atoms with E-state index in [1.54, 1.807) is 18.3 Å². The highest BCUT2D eigenvalue weighted by Crippen LogP contribution is 2.56. The molecular formula is C54H63N9O10S. The first-order valence-electron chi connectivity index (χ1n) is 26.3. The molecule has 74 heavy (non-hydrogen) atoms. The van der Waals surface area contributed by atoms with Crippen molar-refractivity contribution in [3.63, 3.8) is 0 Å². The Balaban J connectivity index is 0.887. The minimum atomic E-state index is -4.78. The number of hydrogen-bond donors (Lipinski definition) is 3. The number of primary amides is 1. The monoisotopic (exact) mass is 1030 g/mol. The highest BCUT2D eigenvalue weighted by atomic mass is 32.2. The van der Waals surface area contributed by atoms with Crippen LogP contribution in [0.3, 0.4) is 0 Å². The van der Waals surface area contributed by atoms with Gasteiger partial charge in [-0.1, -0.05) is 38.1 Å². The Hall–Kier alpha value is -6.03. The van der Waals surface area contributed by atoms with Crippen molar-refractivity contribution in [1.82, 2.24) is 19.8 Å². The fraction of sp³-hybridized carbons (Fsp3) is 0.519. The second-order valence-electron chi connectivity index (χ2n) is 22.0. The van der Waals surface area contributed by atoms with Gasteiger partial charge in [-0.25, -0.2) is 8.42 Å². The van der Waals surface area contributed by atoms with Gasteiger partial charge in [-0.2, -0.15) is 4.98 Å². The number of aromatic amines is 1. The number of aromatic nitrogens is 2. The van der Waals surface area contributed by atoms with E-state index in [2.05, 4.69) is 63.1 Å². The minimum Gasteiger partial charge on any atom is -0.489 e. The van der Waals surface area contributed by atoms with E-state index in [4.69, 9.17) is 34.4 Å². The summed E-state index contributed by atoms with van der Waals surface area (Å²) in [5.74, 6) is -0.154. The van der Waals surface area contributed by atoms with E-state index in [0.29, 0.717) is 81.5 Å². The number of hydrogen-bond acceptors (Lipinski definition) is 16. The summed E-state index contributed by atoms with van der Waals surface area (Å²) >= 11 is 0. The number of amides is 1. The normalized spacial score (nSPS) is 26.7. The molecule has 2 bridgehead atoms. The lowest BCUT2D eigenvalue weighted by atomic mass is 9.59. The molecule has 5 aromatic rings. The fourth-order valence-corrected chi connectivity index (χ4v) is 15.4. The summed E-state index contributed by atoms with van der Waals surface area (Å²) in [4.78, 5) is 42.9. The second kappa shape index (κ2) is 18.4. The fourth-order valence-electron chi connectivity index (χ4n) is 13.7. The topological polar surface area (TPSA) is 220 Å². The van der Waals surface area contributed by atoms with E-state index in [9.17, 15) is 14.9 Å². The third-order valence-electron chi connectivity index (χ3n) is 17.4. The van der Waals surface area contributed by atoms with Gasteiger partial charge in [0.25, 0.3) is 11.6 Å². The lowest BCUT2D eigenvalue weighted by Gasteiger charge is -2.57. The molecule has 7 aliphatic heterocycles. The van der Waals surface area contributed by atoms with Crippen molar-refractivity contribution in [1.29, 1.82) is 0 Å². The molecule has 9 heterocycles. The van der Waals surface area contributed by atoms with Crippen molar-refractivity contribution >= 4 is 55.2 Å². The van der Waals surface area contributed by atoms with Crippen molar-refractivity contribution in [2.45, 2.75) is 110 Å². The zero-order valence-corrected chi connectivity index (χ0v) is 42.6. The van der Waals surface area contributed by atoms with Gasteiger partial charge in [-0.05, 0) is 85.3 Å². The van der Waals surface area contributed by atoms with E-state index in [0.717, 1.165) is 56.6 Å². The Kier molecular flexibility index (Phi) is 11.8. The SMILES string of the molecule is CC(C)c1ccccc1[C@@H]1COCCN1C1CC2(CCN(c3ccc(C(N)=O)c(N4c5cc6cc[nH]c6nc5O[C@H]5COCC[C@@H]54)c3S(=O)(=O)c3cc4c(c([N+](=O)[O-])c3)N[C@H](CN3C[C@H]5C[C@@H]3CO5)CO4)CC2)C1. The highest BCUT2D eigenvalue weighted by molar-refractivity contribution is 7.91. The van der Waals surface area contributed by atoms with E-state index < -0.39 is 38.5 Å². The predicted octanol–water partition coefficient (Wildman–Crippen LogP) is 6.68. The molecular weight excluding hydrogens is 967 g/mol. The smallest absolute Gasteiger partial charge is 0.297 e. The standard InChI is InChI=1S/C54H63N9O10S/c1-31(2)38-5-3-4-6-39(38)45-29-70-18-16-61(45)35-23-54(24-35)11-14-59(15-12-54)42-8-7-40(51(55)64)49(62-41-10-17-69-30-47(41)73-53-44(62)19-32-9-13-56-52(32)58-53)50(42)74(67,68)37-21-43(63(65)66)48-46(22-37)72-27-33(57-48)25-60-26-36-20-34(60)28-71-36/h3-9,13,19,21-22,31,33-36,41,45,47,57H,10-12,14-18,20,23-30H2,1-2H3,(H2,55,64)(H,56,58)/t33-,34-,36-,41+,45+,47+/m1/s1. The number of sulfone groups is 1. The number of H-pyrrole nitrogens is 1. The number of carbonyl (C=O) groups excluding carboxylic acids is 1. The summed E-state index contributed by atoms with van der Waals surface area (Å²) in [5, 5.41) is 17.2. The van der Waals surface area contributed by atoms with Crippen molar-refractivity contribution in [2.75, 3.05) is 87.5 Å². The lowest BCUT2D eigenvalue weighted by molar-refractivity contribution is -0.384. The summed E-state index contributed by atoms with van der Waals surface area (Å²) in [6, 6.07) is 18.3. The Morgan fingerprint density at radius 3 is 2.57 bits per heavy atom. The molecule has 1 amide bonds. The predicted molar refractivity (Wildman–Crippen MR) is 276 cm³/mol. The van der Waals surface area contributed by atoms with Gasteiger partial charge in [0.1, 0.15) is 28.9 Å². The zero-order valence-electron chi connectivity index (χ0n) is 41.7. The average Bonchev–Trinajstić information content (AvgIpc) is 4.17. The Morgan fingerprint density at radius 1 is 0.973 bits per heavy atom. The van der Waals surface area contributed by atoms with Crippen LogP contribution in [0.25, 0.3) is 11.0 Å². The minimum absolute atomic E-state index is 0.0248. The van der Waals surface area contributed by atoms with Crippen molar-refractivity contribution in [3.8, 4) is 11.6 Å². The molecule has 1 saturated carbocycles. The lowest BCUT2D eigenvalue weighted by Crippen LogP contribution is -2.58. The van der Waals surface area contributed by atoms with Crippen LogP contribution in [0.4, 0.5) is 28.4 Å². The third kappa shape index (κ3) is 8.05. The van der Waals surface area contributed by atoms with Crippen LogP contribution >= 0.6 is 0 Å². The molecule has 6 fully saturated rings. The number of benzene rings is 3. The van der Waals surface area contributed by atoms with E-state index in [1.165, 1.54) is 17.2 Å². The van der Waals surface area contributed by atoms with E-state index in [1.807, 2.05) is 17.0 Å². The maximum Gasteiger partial charge on any atom is 0.297 e. The van der Waals surface area contributed by atoms with Crippen LogP contribution in [0.15, 0.2) is 76.7 Å². The number of fused-ring (bicyclic) bond motifs is 6. The maximum atomic E-state index is 16.2. The summed E-state index contributed by atoms with van der Waals surface area (Å²) in [5.41, 5.74) is 10.2. The molecule has 1 aliphatic carbocycles. The zero-order chi connectivity index (χ0) is 50.6. The van der Waals surface area contributed by atoms with Gasteiger partial charge in [0, 0.05) is 75.1 Å². The number of nitro groups is 1. The van der Waals surface area contributed by atoms with Gasteiger partial charge in [-0.3, -0.25) is 24.7 Å². The van der Waals surface area contributed by atoms with Crippen LogP contribution in [0.2, 0.25) is 0 Å². The van der Waals surface area contributed by atoms with Crippen LogP contribution in [0.5, 0.6) is 11.6 Å². The first-order valence-corrected chi connectivity index (χ1v) is 27.8. The molecule has 20 heteroatoms. The molecule has 19 nitrogen and oxygen atoms in total. The maximum absolute atomic E-state index is 16.2. The number of nitro benzene ring substituents is 1. The van der Waals surface area contributed by atoms with Crippen LogP contribution < -0.4 is 30.3 Å². The van der Waals surface area contributed by atoms with Crippen LogP contribution in [-0.4, -0.2) is 148 Å². The Morgan fingerprint density at radius 2 is 1.80 bits per heavy atom. The molecule has 4 N–H and O–H groups in total. The van der Waals surface area contributed by atoms with Gasteiger partial charge in [-0.15, -0.1) is 0 Å².